The molecule has 0 aliphatic heterocycles. The minimum Gasteiger partial charge on any atom is -0.481 e. The van der Waals surface area contributed by atoms with Crippen molar-refractivity contribution in [2.45, 2.75) is 19.3 Å². The average molecular weight is 223 g/mol. The Hall–Kier alpha value is -1.91. The molecule has 1 heterocycles. The first-order chi connectivity index (χ1) is 7.43. The van der Waals surface area contributed by atoms with Gasteiger partial charge in [0.05, 0.1) is 0 Å². The number of nitrogens with zero attached hydrogens (tertiary/aromatic N) is 1. The summed E-state index contributed by atoms with van der Waals surface area (Å²) in [6, 6.07) is 3.93. The number of benzene rings is 1. The second-order valence-electron chi connectivity index (χ2n) is 4.10. The second-order valence-corrected chi connectivity index (χ2v) is 4.10. The lowest BCUT2D eigenvalue weighted by Gasteiger charge is -2.15. The molecule has 0 radical (unpaired) electrons. The number of fused-ring (bicyclic) bond motifs is 1. The molecule has 2 rings (SSSR count). The summed E-state index contributed by atoms with van der Waals surface area (Å²) in [5, 5.41) is 13.2. The molecule has 0 fully saturated rings. The zero-order chi connectivity index (χ0) is 11.9. The van der Waals surface area contributed by atoms with Gasteiger partial charge in [-0.15, -0.1) is 0 Å². The third kappa shape index (κ3) is 1.44. The van der Waals surface area contributed by atoms with Crippen molar-refractivity contribution in [1.29, 1.82) is 0 Å². The molecule has 0 atom stereocenters. The zero-order valence-corrected chi connectivity index (χ0v) is 8.82. The second kappa shape index (κ2) is 3.30. The Morgan fingerprint density at radius 1 is 1.50 bits per heavy atom. The van der Waals surface area contributed by atoms with Crippen molar-refractivity contribution in [2.75, 3.05) is 0 Å². The Labute approximate surface area is 90.7 Å². The highest BCUT2D eigenvalue weighted by Crippen LogP contribution is 2.30. The van der Waals surface area contributed by atoms with Crippen molar-refractivity contribution in [3.8, 4) is 0 Å². The van der Waals surface area contributed by atoms with E-state index in [0.717, 1.165) is 0 Å². The Morgan fingerprint density at radius 3 is 2.81 bits per heavy atom. The summed E-state index contributed by atoms with van der Waals surface area (Å²) in [5.41, 5.74) is -0.784. The number of hydrogen-bond acceptors (Lipinski definition) is 3. The van der Waals surface area contributed by atoms with Crippen LogP contribution < -0.4 is 0 Å². The molecule has 5 heteroatoms. The summed E-state index contributed by atoms with van der Waals surface area (Å²) in [7, 11) is 0. The molecule has 0 amide bonds. The van der Waals surface area contributed by atoms with E-state index >= 15 is 0 Å². The van der Waals surface area contributed by atoms with Crippen molar-refractivity contribution >= 4 is 16.9 Å². The predicted octanol–water partition coefficient (Wildman–Crippen LogP) is 2.33. The highest BCUT2D eigenvalue weighted by Gasteiger charge is 2.35. The van der Waals surface area contributed by atoms with Gasteiger partial charge in [0.15, 0.2) is 5.76 Å². The summed E-state index contributed by atoms with van der Waals surface area (Å²) < 4.78 is 18.1. The van der Waals surface area contributed by atoms with Gasteiger partial charge in [-0.1, -0.05) is 5.16 Å². The standard InChI is InChI=1S/C11H10FNO3/c1-11(2,10(14)15)9-7-5-6(12)3-4-8(7)13-16-9/h3-5H,1-2H3,(H,14,15). The average Bonchev–Trinajstić information content (AvgIpc) is 2.60. The summed E-state index contributed by atoms with van der Waals surface area (Å²) in [6.07, 6.45) is 0. The van der Waals surface area contributed by atoms with E-state index in [4.69, 9.17) is 9.63 Å². The molecule has 16 heavy (non-hydrogen) atoms. The zero-order valence-electron chi connectivity index (χ0n) is 8.82. The third-order valence-corrected chi connectivity index (χ3v) is 2.54. The monoisotopic (exact) mass is 223 g/mol. The maximum atomic E-state index is 13.1. The smallest absolute Gasteiger partial charge is 0.316 e. The van der Waals surface area contributed by atoms with Crippen LogP contribution in [0.3, 0.4) is 0 Å². The fraction of sp³-hybridized carbons (Fsp3) is 0.273. The first-order valence-corrected chi connectivity index (χ1v) is 4.72. The van der Waals surface area contributed by atoms with E-state index in [0.29, 0.717) is 10.9 Å². The van der Waals surface area contributed by atoms with Crippen molar-refractivity contribution in [2.24, 2.45) is 0 Å². The van der Waals surface area contributed by atoms with Crippen LogP contribution in [0.4, 0.5) is 4.39 Å². The van der Waals surface area contributed by atoms with E-state index in [9.17, 15) is 9.18 Å². The number of aliphatic carboxylic acids is 1. The van der Waals surface area contributed by atoms with E-state index < -0.39 is 17.2 Å². The number of halogens is 1. The maximum Gasteiger partial charge on any atom is 0.316 e. The molecule has 0 aliphatic rings. The fourth-order valence-corrected chi connectivity index (χ4v) is 1.46. The van der Waals surface area contributed by atoms with Gasteiger partial charge in [0, 0.05) is 5.39 Å². The molecular weight excluding hydrogens is 213 g/mol. The molecule has 0 bridgehead atoms. The number of carboxylic acid groups (broad SMARTS) is 1. The van der Waals surface area contributed by atoms with Crippen LogP contribution in [0.5, 0.6) is 0 Å². The topological polar surface area (TPSA) is 63.3 Å². The van der Waals surface area contributed by atoms with Crippen LogP contribution >= 0.6 is 0 Å². The van der Waals surface area contributed by atoms with Crippen LogP contribution in [0.15, 0.2) is 22.7 Å². The van der Waals surface area contributed by atoms with Crippen LogP contribution in [-0.4, -0.2) is 16.2 Å². The van der Waals surface area contributed by atoms with Gasteiger partial charge in [0.1, 0.15) is 16.7 Å². The van der Waals surface area contributed by atoms with Crippen LogP contribution in [0, 0.1) is 5.82 Å². The molecule has 0 unspecified atom stereocenters. The number of carbonyl (C=O) groups is 1. The Balaban J connectivity index is 2.70. The van der Waals surface area contributed by atoms with Crippen molar-refractivity contribution < 1.29 is 18.8 Å². The Kier molecular flexibility index (Phi) is 2.18. The van der Waals surface area contributed by atoms with Crippen molar-refractivity contribution in [1.82, 2.24) is 5.16 Å². The summed E-state index contributed by atoms with van der Waals surface area (Å²) >= 11 is 0. The molecule has 0 saturated carbocycles. The van der Waals surface area contributed by atoms with E-state index in [2.05, 4.69) is 5.16 Å². The van der Waals surface area contributed by atoms with Crippen molar-refractivity contribution in [3.63, 3.8) is 0 Å². The van der Waals surface area contributed by atoms with Gasteiger partial charge in [-0.3, -0.25) is 4.79 Å². The highest BCUT2D eigenvalue weighted by molar-refractivity contribution is 5.89. The SMILES string of the molecule is CC(C)(C(=O)O)c1onc2ccc(F)cc12. The van der Waals surface area contributed by atoms with Gasteiger partial charge in [-0.05, 0) is 32.0 Å². The van der Waals surface area contributed by atoms with Gasteiger partial charge in [-0.2, -0.15) is 0 Å². The van der Waals surface area contributed by atoms with E-state index in [1.165, 1.54) is 32.0 Å². The number of hydrogen-bond donors (Lipinski definition) is 1. The summed E-state index contributed by atoms with van der Waals surface area (Å²) in [5.74, 6) is -1.33. The fourth-order valence-electron chi connectivity index (χ4n) is 1.46. The highest BCUT2D eigenvalue weighted by atomic mass is 19.1. The van der Waals surface area contributed by atoms with Gasteiger partial charge >= 0.3 is 5.97 Å². The van der Waals surface area contributed by atoms with Crippen LogP contribution in [0.25, 0.3) is 10.9 Å². The molecule has 4 nitrogen and oxygen atoms in total. The molecule has 1 aromatic heterocycles. The maximum absolute atomic E-state index is 13.1. The molecule has 0 saturated heterocycles. The van der Waals surface area contributed by atoms with Gasteiger partial charge in [0.25, 0.3) is 0 Å². The molecule has 1 aromatic carbocycles. The molecular formula is C11H10FNO3. The van der Waals surface area contributed by atoms with Gasteiger partial charge < -0.3 is 9.63 Å². The van der Waals surface area contributed by atoms with Crippen LogP contribution in [-0.2, 0) is 10.2 Å². The largest absolute Gasteiger partial charge is 0.481 e. The number of aromatic nitrogens is 1. The summed E-state index contributed by atoms with van der Waals surface area (Å²) in [4.78, 5) is 11.1. The van der Waals surface area contributed by atoms with E-state index in [1.54, 1.807) is 0 Å². The first kappa shape index (κ1) is 10.6. The normalized spacial score (nSPS) is 11.9. The lowest BCUT2D eigenvalue weighted by Crippen LogP contribution is -2.28. The van der Waals surface area contributed by atoms with Crippen molar-refractivity contribution in [3.05, 3.63) is 29.8 Å². The minimum absolute atomic E-state index is 0.162. The Bertz CT molecular complexity index is 559. The van der Waals surface area contributed by atoms with Gasteiger partial charge in [-0.25, -0.2) is 4.39 Å². The van der Waals surface area contributed by atoms with E-state index in [1.807, 2.05) is 0 Å². The molecule has 0 aliphatic carbocycles. The Morgan fingerprint density at radius 2 is 2.19 bits per heavy atom. The lowest BCUT2D eigenvalue weighted by atomic mass is 9.88. The van der Waals surface area contributed by atoms with Crippen LogP contribution in [0.1, 0.15) is 19.6 Å². The first-order valence-electron chi connectivity index (χ1n) is 4.72. The number of carboxylic acids is 1. The van der Waals surface area contributed by atoms with E-state index in [-0.39, 0.29) is 5.76 Å². The molecule has 1 N–H and O–H groups in total. The molecule has 0 spiro atoms. The molecule has 2 aromatic rings. The van der Waals surface area contributed by atoms with Crippen LogP contribution in [0.2, 0.25) is 0 Å². The predicted molar refractivity (Wildman–Crippen MR) is 54.6 cm³/mol. The van der Waals surface area contributed by atoms with Gasteiger partial charge in [0.2, 0.25) is 0 Å². The summed E-state index contributed by atoms with van der Waals surface area (Å²) in [6.45, 7) is 2.97. The molecule has 84 valence electrons. The quantitative estimate of drug-likeness (QED) is 0.848. The number of rotatable bonds is 2. The minimum atomic E-state index is -1.23. The lowest BCUT2D eigenvalue weighted by molar-refractivity contribution is -0.143. The third-order valence-electron chi connectivity index (χ3n) is 2.54.